The summed E-state index contributed by atoms with van der Waals surface area (Å²) in [6, 6.07) is 7.82. The van der Waals surface area contributed by atoms with E-state index in [0.29, 0.717) is 6.42 Å². The lowest BCUT2D eigenvalue weighted by atomic mass is 10.1. The van der Waals surface area contributed by atoms with Gasteiger partial charge in [0.25, 0.3) is 0 Å². The van der Waals surface area contributed by atoms with Gasteiger partial charge in [-0.3, -0.25) is 4.79 Å². The smallest absolute Gasteiger partial charge is 0.189 e. The van der Waals surface area contributed by atoms with Crippen molar-refractivity contribution < 1.29 is 9.53 Å². The van der Waals surface area contributed by atoms with Gasteiger partial charge in [-0.15, -0.1) is 0 Å². The molecule has 0 unspecified atom stereocenters. The molecule has 0 bridgehead atoms. The lowest BCUT2D eigenvalue weighted by Gasteiger charge is -2.02. The lowest BCUT2D eigenvalue weighted by Crippen LogP contribution is -1.94. The van der Waals surface area contributed by atoms with E-state index in [0.717, 1.165) is 12.2 Å². The highest BCUT2D eigenvalue weighted by molar-refractivity contribution is 8.13. The van der Waals surface area contributed by atoms with Crippen molar-refractivity contribution in [2.45, 2.75) is 12.8 Å². The van der Waals surface area contributed by atoms with Crippen LogP contribution < -0.4 is 4.74 Å². The minimum atomic E-state index is 0.237. The first-order chi connectivity index (χ1) is 6.76. The molecule has 0 N–H and O–H groups in total. The van der Waals surface area contributed by atoms with Gasteiger partial charge in [0, 0.05) is 6.42 Å². The van der Waals surface area contributed by atoms with Crippen molar-refractivity contribution in [2.24, 2.45) is 0 Å². The van der Waals surface area contributed by atoms with Crippen molar-refractivity contribution >= 4 is 16.9 Å². The molecule has 3 heteroatoms. The molecule has 0 aliphatic heterocycles. The number of benzene rings is 1. The maximum Gasteiger partial charge on any atom is 0.189 e. The number of carbonyl (C=O) groups is 1. The second-order valence-corrected chi connectivity index (χ2v) is 3.79. The quantitative estimate of drug-likeness (QED) is 0.764. The molecule has 0 spiro atoms. The van der Waals surface area contributed by atoms with Gasteiger partial charge >= 0.3 is 0 Å². The van der Waals surface area contributed by atoms with Gasteiger partial charge in [0.1, 0.15) is 5.75 Å². The molecule has 0 radical (unpaired) electrons. The summed E-state index contributed by atoms with van der Waals surface area (Å²) in [7, 11) is 1.65. The number of ether oxygens (including phenoxy) is 1. The van der Waals surface area contributed by atoms with Crippen molar-refractivity contribution in [2.75, 3.05) is 13.4 Å². The number of carbonyl (C=O) groups excluding carboxylic acids is 1. The number of hydrogen-bond acceptors (Lipinski definition) is 3. The third kappa shape index (κ3) is 3.42. The Morgan fingerprint density at radius 2 is 2.00 bits per heavy atom. The fraction of sp³-hybridized carbons (Fsp3) is 0.364. The molecule has 2 nitrogen and oxygen atoms in total. The van der Waals surface area contributed by atoms with Crippen molar-refractivity contribution in [1.82, 2.24) is 0 Å². The Morgan fingerprint density at radius 1 is 1.36 bits per heavy atom. The fourth-order valence-corrected chi connectivity index (χ4v) is 1.45. The number of aryl methyl sites for hydroxylation is 1. The van der Waals surface area contributed by atoms with E-state index in [9.17, 15) is 4.79 Å². The van der Waals surface area contributed by atoms with E-state index in [4.69, 9.17) is 4.74 Å². The number of rotatable bonds is 4. The van der Waals surface area contributed by atoms with Gasteiger partial charge in [0.2, 0.25) is 0 Å². The number of methoxy groups -OCH3 is 1. The van der Waals surface area contributed by atoms with Crippen LogP contribution in [0.5, 0.6) is 5.75 Å². The molecule has 14 heavy (non-hydrogen) atoms. The average Bonchev–Trinajstić information content (AvgIpc) is 2.26. The largest absolute Gasteiger partial charge is 0.497 e. The maximum atomic E-state index is 11.0. The van der Waals surface area contributed by atoms with Gasteiger partial charge < -0.3 is 4.74 Å². The van der Waals surface area contributed by atoms with Crippen LogP contribution in [0.3, 0.4) is 0 Å². The van der Waals surface area contributed by atoms with Crippen molar-refractivity contribution in [3.63, 3.8) is 0 Å². The molecule has 0 fully saturated rings. The third-order valence-corrected chi connectivity index (χ3v) is 2.66. The van der Waals surface area contributed by atoms with E-state index < -0.39 is 0 Å². The molecule has 0 aromatic heterocycles. The lowest BCUT2D eigenvalue weighted by molar-refractivity contribution is -0.110. The predicted molar refractivity (Wildman–Crippen MR) is 59.8 cm³/mol. The monoisotopic (exact) mass is 210 g/mol. The summed E-state index contributed by atoms with van der Waals surface area (Å²) in [5.74, 6) is 0.852. The Labute approximate surface area is 88.7 Å². The van der Waals surface area contributed by atoms with Crippen LogP contribution in [0.1, 0.15) is 12.0 Å². The van der Waals surface area contributed by atoms with Gasteiger partial charge in [0.15, 0.2) is 5.12 Å². The predicted octanol–water partition coefficient (Wildman–Crippen LogP) is 2.52. The highest BCUT2D eigenvalue weighted by Gasteiger charge is 2.00. The number of hydrogen-bond donors (Lipinski definition) is 0. The summed E-state index contributed by atoms with van der Waals surface area (Å²) in [5.41, 5.74) is 1.17. The molecule has 1 aromatic carbocycles. The summed E-state index contributed by atoms with van der Waals surface area (Å²) < 4.78 is 5.04. The van der Waals surface area contributed by atoms with E-state index in [2.05, 4.69) is 0 Å². The second kappa shape index (κ2) is 5.70. The van der Waals surface area contributed by atoms with E-state index in [1.165, 1.54) is 17.3 Å². The summed E-state index contributed by atoms with van der Waals surface area (Å²) in [6.07, 6.45) is 3.23. The van der Waals surface area contributed by atoms with Crippen LogP contribution >= 0.6 is 11.8 Å². The Hall–Kier alpha value is -0.960. The first kappa shape index (κ1) is 11.1. The second-order valence-electron chi connectivity index (χ2n) is 2.92. The molecule has 76 valence electrons. The third-order valence-electron chi connectivity index (χ3n) is 2.00. The van der Waals surface area contributed by atoms with E-state index in [1.54, 1.807) is 7.11 Å². The van der Waals surface area contributed by atoms with Crippen LogP contribution in [-0.4, -0.2) is 18.5 Å². The van der Waals surface area contributed by atoms with Crippen LogP contribution in [0.4, 0.5) is 0 Å². The van der Waals surface area contributed by atoms with E-state index in [1.807, 2.05) is 30.5 Å². The Kier molecular flexibility index (Phi) is 4.53. The van der Waals surface area contributed by atoms with Crippen LogP contribution in [0, 0.1) is 0 Å². The molecule has 1 rings (SSSR count). The fourth-order valence-electron chi connectivity index (χ4n) is 1.14. The first-order valence-corrected chi connectivity index (χ1v) is 5.68. The summed E-state index contributed by atoms with van der Waals surface area (Å²) in [5, 5.41) is 0.237. The molecule has 0 atom stereocenters. The van der Waals surface area contributed by atoms with Crippen LogP contribution in [0.15, 0.2) is 24.3 Å². The molecule has 0 saturated carbocycles. The highest BCUT2D eigenvalue weighted by Crippen LogP contribution is 2.13. The standard InChI is InChI=1S/C11H14O2S/c1-13-10-6-3-9(4-7-10)5-8-11(12)14-2/h3-4,6-7H,5,8H2,1-2H3. The summed E-state index contributed by atoms with van der Waals surface area (Å²) >= 11 is 1.29. The zero-order valence-corrected chi connectivity index (χ0v) is 9.26. The minimum Gasteiger partial charge on any atom is -0.497 e. The van der Waals surface area contributed by atoms with Crippen molar-refractivity contribution in [3.8, 4) is 5.75 Å². The Bertz CT molecular complexity index is 293. The average molecular weight is 210 g/mol. The molecular weight excluding hydrogens is 196 g/mol. The van der Waals surface area contributed by atoms with Crippen molar-refractivity contribution in [1.29, 1.82) is 0 Å². The molecule has 0 aliphatic rings. The zero-order chi connectivity index (χ0) is 10.4. The molecule has 0 heterocycles. The highest BCUT2D eigenvalue weighted by atomic mass is 32.2. The molecule has 0 aliphatic carbocycles. The van der Waals surface area contributed by atoms with Gasteiger partial charge in [-0.1, -0.05) is 23.9 Å². The normalized spacial score (nSPS) is 9.86. The van der Waals surface area contributed by atoms with Gasteiger partial charge in [0.05, 0.1) is 7.11 Å². The van der Waals surface area contributed by atoms with Gasteiger partial charge in [-0.25, -0.2) is 0 Å². The summed E-state index contributed by atoms with van der Waals surface area (Å²) in [6.45, 7) is 0. The molecular formula is C11H14O2S. The minimum absolute atomic E-state index is 0.237. The summed E-state index contributed by atoms with van der Waals surface area (Å²) in [4.78, 5) is 11.0. The van der Waals surface area contributed by atoms with Crippen LogP contribution in [0.25, 0.3) is 0 Å². The SMILES string of the molecule is COc1ccc(CCC(=O)SC)cc1. The Balaban J connectivity index is 2.47. The molecule has 0 saturated heterocycles. The maximum absolute atomic E-state index is 11.0. The van der Waals surface area contributed by atoms with Gasteiger partial charge in [-0.2, -0.15) is 0 Å². The van der Waals surface area contributed by atoms with Crippen LogP contribution in [0.2, 0.25) is 0 Å². The van der Waals surface area contributed by atoms with Gasteiger partial charge in [-0.05, 0) is 30.4 Å². The zero-order valence-electron chi connectivity index (χ0n) is 8.45. The Morgan fingerprint density at radius 3 is 2.50 bits per heavy atom. The van der Waals surface area contributed by atoms with E-state index >= 15 is 0 Å². The van der Waals surface area contributed by atoms with Crippen molar-refractivity contribution in [3.05, 3.63) is 29.8 Å². The topological polar surface area (TPSA) is 26.3 Å². The molecule has 0 amide bonds. The van der Waals surface area contributed by atoms with Crippen LogP contribution in [-0.2, 0) is 11.2 Å². The molecule has 1 aromatic rings. The number of thioether (sulfide) groups is 1. The van der Waals surface area contributed by atoms with E-state index in [-0.39, 0.29) is 5.12 Å². The first-order valence-electron chi connectivity index (χ1n) is 4.46.